The van der Waals surface area contributed by atoms with Crippen molar-refractivity contribution in [1.29, 1.82) is 0 Å². The van der Waals surface area contributed by atoms with Gasteiger partial charge >= 0.3 is 6.03 Å². The van der Waals surface area contributed by atoms with Gasteiger partial charge in [0.2, 0.25) is 0 Å². The van der Waals surface area contributed by atoms with Gasteiger partial charge in [-0.1, -0.05) is 29.8 Å². The monoisotopic (exact) mass is 395 g/mol. The second-order valence-electron chi connectivity index (χ2n) is 7.28. The van der Waals surface area contributed by atoms with E-state index in [-0.39, 0.29) is 12.5 Å². The number of nitrogens with one attached hydrogen (secondary N) is 1. The second-order valence-corrected chi connectivity index (χ2v) is 8.14. The van der Waals surface area contributed by atoms with Crippen molar-refractivity contribution in [2.45, 2.75) is 39.8 Å². The molecule has 0 radical (unpaired) electrons. The van der Waals surface area contributed by atoms with E-state index < -0.39 is 11.6 Å². The van der Waals surface area contributed by atoms with E-state index in [1.54, 1.807) is 19.9 Å². The molecule has 3 amide bonds. The van der Waals surface area contributed by atoms with Gasteiger partial charge in [0.15, 0.2) is 0 Å². The molecule has 7 heteroatoms. The van der Waals surface area contributed by atoms with Crippen LogP contribution in [0.1, 0.15) is 35.3 Å². The number of carbonyl (C=O) groups excluding carboxylic acids is 2. The number of thiazole rings is 1. The summed E-state index contributed by atoms with van der Waals surface area (Å²) in [6, 6.07) is 9.49. The van der Waals surface area contributed by atoms with Crippen LogP contribution in [0, 0.1) is 20.8 Å². The van der Waals surface area contributed by atoms with Crippen molar-refractivity contribution >= 4 is 23.3 Å². The third-order valence-electron chi connectivity index (χ3n) is 5.02. The molecule has 0 bridgehead atoms. The lowest BCUT2D eigenvalue weighted by Crippen LogP contribution is -2.41. The van der Waals surface area contributed by atoms with Crippen LogP contribution in [-0.2, 0) is 16.9 Å². The van der Waals surface area contributed by atoms with Crippen LogP contribution in [0.3, 0.4) is 0 Å². The number of aryl methyl sites for hydroxylation is 3. The van der Waals surface area contributed by atoms with Crippen molar-refractivity contribution in [2.75, 3.05) is 0 Å². The molecule has 1 unspecified atom stereocenters. The molecule has 1 N–H and O–H groups in total. The number of nitrogens with zero attached hydrogens (tertiary/aromatic N) is 2. The summed E-state index contributed by atoms with van der Waals surface area (Å²) in [6.07, 6.45) is 0. The van der Waals surface area contributed by atoms with E-state index in [9.17, 15) is 9.59 Å². The van der Waals surface area contributed by atoms with Gasteiger partial charge in [-0.3, -0.25) is 9.69 Å². The Balaban J connectivity index is 1.57. The molecular weight excluding hydrogens is 374 g/mol. The zero-order valence-electron chi connectivity index (χ0n) is 16.2. The number of urea groups is 1. The Morgan fingerprint density at radius 2 is 1.89 bits per heavy atom. The Morgan fingerprint density at radius 1 is 1.18 bits per heavy atom. The van der Waals surface area contributed by atoms with Gasteiger partial charge in [0.1, 0.15) is 22.1 Å². The standard InChI is InChI=1S/C21H21N3O3S/c1-12-5-7-15(8-6-12)18-22-16(11-28-18)10-24-19(25)21(4,23-20(24)26)17-9-13(2)27-14(17)3/h5-9,11H,10H2,1-4H3,(H,23,26). The van der Waals surface area contributed by atoms with E-state index in [1.807, 2.05) is 43.5 Å². The predicted octanol–water partition coefficient (Wildman–Crippen LogP) is 4.30. The van der Waals surface area contributed by atoms with Gasteiger partial charge in [-0.25, -0.2) is 9.78 Å². The molecule has 2 aromatic heterocycles. The zero-order valence-corrected chi connectivity index (χ0v) is 17.0. The number of rotatable bonds is 4. The average Bonchev–Trinajstić information content (AvgIpc) is 3.30. The van der Waals surface area contributed by atoms with E-state index in [2.05, 4.69) is 10.3 Å². The largest absolute Gasteiger partial charge is 0.466 e. The molecule has 1 aromatic carbocycles. The fourth-order valence-corrected chi connectivity index (χ4v) is 4.34. The zero-order chi connectivity index (χ0) is 20.1. The number of hydrogen-bond acceptors (Lipinski definition) is 5. The third kappa shape index (κ3) is 3.01. The topological polar surface area (TPSA) is 75.4 Å². The third-order valence-corrected chi connectivity index (χ3v) is 5.97. The number of amides is 3. The number of benzene rings is 1. The first-order valence-corrected chi connectivity index (χ1v) is 9.89. The molecule has 144 valence electrons. The summed E-state index contributed by atoms with van der Waals surface area (Å²) in [4.78, 5) is 31.5. The van der Waals surface area contributed by atoms with E-state index in [0.29, 0.717) is 22.8 Å². The summed E-state index contributed by atoms with van der Waals surface area (Å²) in [6.45, 7) is 7.50. The number of hydrogen-bond donors (Lipinski definition) is 1. The van der Waals surface area contributed by atoms with Crippen molar-refractivity contribution in [3.8, 4) is 10.6 Å². The average molecular weight is 395 g/mol. The molecule has 1 aliphatic rings. The SMILES string of the molecule is Cc1ccc(-c2nc(CN3C(=O)NC(C)(c4cc(C)oc4C)C3=O)cs2)cc1. The Bertz CT molecular complexity index is 1070. The molecule has 4 rings (SSSR count). The van der Waals surface area contributed by atoms with Crippen molar-refractivity contribution in [3.05, 3.63) is 64.1 Å². The normalized spacial score (nSPS) is 19.4. The van der Waals surface area contributed by atoms with Crippen molar-refractivity contribution in [3.63, 3.8) is 0 Å². The summed E-state index contributed by atoms with van der Waals surface area (Å²) >= 11 is 1.50. The summed E-state index contributed by atoms with van der Waals surface area (Å²) in [5.74, 6) is 1.04. The quantitative estimate of drug-likeness (QED) is 0.669. The minimum Gasteiger partial charge on any atom is -0.466 e. The van der Waals surface area contributed by atoms with Crippen LogP contribution in [0.5, 0.6) is 0 Å². The van der Waals surface area contributed by atoms with Crippen molar-refractivity contribution in [1.82, 2.24) is 15.2 Å². The van der Waals surface area contributed by atoms with Crippen LogP contribution in [0.15, 0.2) is 40.1 Å². The Kier molecular flexibility index (Phi) is 4.34. The molecule has 1 aliphatic heterocycles. The van der Waals surface area contributed by atoms with Crippen molar-refractivity contribution in [2.24, 2.45) is 0 Å². The first-order valence-electron chi connectivity index (χ1n) is 9.01. The number of carbonyl (C=O) groups is 2. The van der Waals surface area contributed by atoms with E-state index in [0.717, 1.165) is 10.6 Å². The molecule has 6 nitrogen and oxygen atoms in total. The molecule has 0 saturated carbocycles. The molecule has 1 saturated heterocycles. The first-order chi connectivity index (χ1) is 13.3. The summed E-state index contributed by atoms with van der Waals surface area (Å²) in [7, 11) is 0. The highest BCUT2D eigenvalue weighted by Crippen LogP contribution is 2.34. The Morgan fingerprint density at radius 3 is 2.54 bits per heavy atom. The van der Waals surface area contributed by atoms with Gasteiger partial charge < -0.3 is 9.73 Å². The predicted molar refractivity (Wildman–Crippen MR) is 107 cm³/mol. The molecule has 0 aliphatic carbocycles. The number of furan rings is 1. The highest BCUT2D eigenvalue weighted by molar-refractivity contribution is 7.13. The van der Waals surface area contributed by atoms with Crippen LogP contribution in [0.2, 0.25) is 0 Å². The summed E-state index contributed by atoms with van der Waals surface area (Å²) in [5.41, 5.74) is 2.45. The second kappa shape index (κ2) is 6.60. The minimum absolute atomic E-state index is 0.137. The summed E-state index contributed by atoms with van der Waals surface area (Å²) in [5, 5.41) is 5.57. The molecule has 1 fully saturated rings. The molecule has 0 spiro atoms. The van der Waals surface area contributed by atoms with Gasteiger partial charge in [-0.05, 0) is 33.8 Å². The van der Waals surface area contributed by atoms with Gasteiger partial charge in [-0.2, -0.15) is 0 Å². The van der Waals surface area contributed by atoms with Crippen LogP contribution in [0.25, 0.3) is 10.6 Å². The maximum atomic E-state index is 13.1. The molecule has 3 heterocycles. The van der Waals surface area contributed by atoms with Crippen LogP contribution in [-0.4, -0.2) is 21.8 Å². The molecular formula is C21H21N3O3S. The summed E-state index contributed by atoms with van der Waals surface area (Å²) < 4.78 is 5.56. The number of imide groups is 1. The van der Waals surface area contributed by atoms with Gasteiger partial charge in [0.25, 0.3) is 5.91 Å². The molecule has 1 atom stereocenters. The highest BCUT2D eigenvalue weighted by Gasteiger charge is 2.50. The lowest BCUT2D eigenvalue weighted by Gasteiger charge is -2.21. The minimum atomic E-state index is -1.13. The molecule has 28 heavy (non-hydrogen) atoms. The number of aromatic nitrogens is 1. The van der Waals surface area contributed by atoms with Gasteiger partial charge in [0.05, 0.1) is 12.2 Å². The van der Waals surface area contributed by atoms with Crippen LogP contribution < -0.4 is 5.32 Å². The van der Waals surface area contributed by atoms with E-state index in [4.69, 9.17) is 4.42 Å². The maximum Gasteiger partial charge on any atom is 0.325 e. The Labute approximate surface area is 167 Å². The Hall–Kier alpha value is -2.93. The van der Waals surface area contributed by atoms with Gasteiger partial charge in [0, 0.05) is 16.5 Å². The molecule has 3 aromatic rings. The van der Waals surface area contributed by atoms with Crippen LogP contribution >= 0.6 is 11.3 Å². The van der Waals surface area contributed by atoms with E-state index in [1.165, 1.54) is 21.8 Å². The lowest BCUT2D eigenvalue weighted by molar-refractivity contribution is -0.131. The smallest absolute Gasteiger partial charge is 0.325 e. The fourth-order valence-electron chi connectivity index (χ4n) is 3.52. The highest BCUT2D eigenvalue weighted by atomic mass is 32.1. The van der Waals surface area contributed by atoms with Crippen molar-refractivity contribution < 1.29 is 14.0 Å². The first kappa shape index (κ1) is 18.4. The van der Waals surface area contributed by atoms with Crippen LogP contribution in [0.4, 0.5) is 4.79 Å². The van der Waals surface area contributed by atoms with Gasteiger partial charge in [-0.15, -0.1) is 11.3 Å². The van der Waals surface area contributed by atoms with E-state index >= 15 is 0 Å². The fraction of sp³-hybridized carbons (Fsp3) is 0.286. The lowest BCUT2D eigenvalue weighted by atomic mass is 9.92. The maximum absolute atomic E-state index is 13.1.